The van der Waals surface area contributed by atoms with Crippen LogP contribution < -0.4 is 34.2 Å². The molecule has 0 saturated heterocycles. The van der Waals surface area contributed by atoms with Gasteiger partial charge in [0.25, 0.3) is 0 Å². The Morgan fingerprint density at radius 1 is 0.974 bits per heavy atom. The van der Waals surface area contributed by atoms with Crippen molar-refractivity contribution in [3.8, 4) is 40.6 Å². The van der Waals surface area contributed by atoms with Crippen LogP contribution in [0.3, 0.4) is 0 Å². The number of carbonyl (C=O) groups is 1. The summed E-state index contributed by atoms with van der Waals surface area (Å²) in [7, 11) is 4.54. The van der Waals surface area contributed by atoms with Gasteiger partial charge in [-0.25, -0.2) is 4.79 Å². The molecule has 1 unspecified atom stereocenters. The van der Waals surface area contributed by atoms with E-state index in [1.165, 1.54) is 21.3 Å². The number of esters is 1. The highest BCUT2D eigenvalue weighted by Gasteiger charge is 2.32. The molecule has 38 heavy (non-hydrogen) atoms. The number of para-hydroxylation sites is 1. The van der Waals surface area contributed by atoms with Crippen molar-refractivity contribution < 1.29 is 33.2 Å². The third-order valence-corrected chi connectivity index (χ3v) is 6.19. The molecule has 0 spiro atoms. The van der Waals surface area contributed by atoms with Crippen LogP contribution in [0.4, 0.5) is 0 Å². The zero-order valence-electron chi connectivity index (χ0n) is 21.8. The number of hydrogen-bond donors (Lipinski definition) is 1. The van der Waals surface area contributed by atoms with Crippen LogP contribution in [-0.4, -0.2) is 33.9 Å². The Balaban J connectivity index is 1.63. The fourth-order valence-electron chi connectivity index (χ4n) is 4.43. The lowest BCUT2D eigenvalue weighted by atomic mass is 9.83. The van der Waals surface area contributed by atoms with Crippen LogP contribution in [0.5, 0.6) is 34.5 Å². The van der Waals surface area contributed by atoms with E-state index in [0.29, 0.717) is 39.9 Å². The first-order valence-electron chi connectivity index (χ1n) is 11.7. The molecule has 0 amide bonds. The lowest BCUT2D eigenvalue weighted by Crippen LogP contribution is -2.22. The summed E-state index contributed by atoms with van der Waals surface area (Å²) in [5.41, 5.74) is 9.54. The topological polar surface area (TPSA) is 122 Å². The number of ether oxygens (including phenoxy) is 6. The minimum absolute atomic E-state index is 0.0550. The number of methoxy groups -OCH3 is 3. The lowest BCUT2D eigenvalue weighted by Gasteiger charge is -2.27. The number of nitriles is 1. The van der Waals surface area contributed by atoms with Gasteiger partial charge in [-0.1, -0.05) is 24.3 Å². The van der Waals surface area contributed by atoms with Crippen molar-refractivity contribution in [1.82, 2.24) is 0 Å². The molecule has 1 aliphatic heterocycles. The molecular formula is C29H28N2O7. The van der Waals surface area contributed by atoms with Crippen LogP contribution in [0.15, 0.2) is 60.0 Å². The number of allylic oxidation sites excluding steroid dienone is 1. The summed E-state index contributed by atoms with van der Waals surface area (Å²) >= 11 is 0. The Labute approximate surface area is 220 Å². The molecule has 4 rings (SSSR count). The standard InChI is InChI=1S/C29H28N2O7/c1-16-7-6-8-17(2)27(16)36-15-25(32)37-19-9-10-20-22(13-19)38-29(31)21(14-30)26(20)18-11-23(33-3)28(35-5)24(12-18)34-4/h6-13,26H,15,31H2,1-5H3. The smallest absolute Gasteiger partial charge is 0.349 e. The summed E-state index contributed by atoms with van der Waals surface area (Å²) in [5.74, 6) is 1.30. The average Bonchev–Trinajstić information content (AvgIpc) is 2.91. The van der Waals surface area contributed by atoms with Crippen LogP contribution in [0.2, 0.25) is 0 Å². The number of nitrogens with two attached hydrogens (primary N) is 1. The van der Waals surface area contributed by atoms with Crippen LogP contribution >= 0.6 is 0 Å². The molecule has 1 heterocycles. The molecule has 0 fully saturated rings. The normalized spacial score (nSPS) is 14.1. The highest BCUT2D eigenvalue weighted by molar-refractivity contribution is 5.74. The van der Waals surface area contributed by atoms with Crippen LogP contribution in [0, 0.1) is 25.2 Å². The van der Waals surface area contributed by atoms with E-state index in [2.05, 4.69) is 6.07 Å². The predicted molar refractivity (Wildman–Crippen MR) is 139 cm³/mol. The van der Waals surface area contributed by atoms with Crippen molar-refractivity contribution in [3.63, 3.8) is 0 Å². The summed E-state index contributed by atoms with van der Waals surface area (Å²) in [4.78, 5) is 12.5. The molecule has 0 bridgehead atoms. The van der Waals surface area contributed by atoms with Crippen molar-refractivity contribution in [2.75, 3.05) is 27.9 Å². The van der Waals surface area contributed by atoms with Gasteiger partial charge in [-0.15, -0.1) is 0 Å². The Bertz CT molecular complexity index is 1410. The second kappa shape index (κ2) is 11.0. The van der Waals surface area contributed by atoms with Gasteiger partial charge in [0.2, 0.25) is 11.6 Å². The second-order valence-corrected chi connectivity index (χ2v) is 8.57. The summed E-state index contributed by atoms with van der Waals surface area (Å²) in [6.45, 7) is 3.55. The van der Waals surface area contributed by atoms with Crippen molar-refractivity contribution in [1.29, 1.82) is 5.26 Å². The third-order valence-electron chi connectivity index (χ3n) is 6.19. The first-order valence-corrected chi connectivity index (χ1v) is 11.7. The highest BCUT2D eigenvalue weighted by atomic mass is 16.6. The van der Waals surface area contributed by atoms with Gasteiger partial charge in [0.1, 0.15) is 28.9 Å². The van der Waals surface area contributed by atoms with E-state index in [9.17, 15) is 10.1 Å². The van der Waals surface area contributed by atoms with Gasteiger partial charge >= 0.3 is 5.97 Å². The SMILES string of the molecule is COc1cc(C2C(C#N)=C(N)Oc3cc(OC(=O)COc4c(C)cccc4C)ccc32)cc(OC)c1OC. The van der Waals surface area contributed by atoms with E-state index in [0.717, 1.165) is 11.1 Å². The van der Waals surface area contributed by atoms with Gasteiger partial charge < -0.3 is 34.2 Å². The van der Waals surface area contributed by atoms with Crippen molar-refractivity contribution in [2.45, 2.75) is 19.8 Å². The Morgan fingerprint density at radius 2 is 1.63 bits per heavy atom. The monoisotopic (exact) mass is 516 g/mol. The maximum Gasteiger partial charge on any atom is 0.349 e. The second-order valence-electron chi connectivity index (χ2n) is 8.57. The summed E-state index contributed by atoms with van der Waals surface area (Å²) < 4.78 is 33.3. The Kier molecular flexibility index (Phi) is 7.63. The number of hydrogen-bond acceptors (Lipinski definition) is 9. The van der Waals surface area contributed by atoms with Gasteiger partial charge in [0.15, 0.2) is 18.1 Å². The van der Waals surface area contributed by atoms with Crippen LogP contribution in [0.1, 0.15) is 28.2 Å². The van der Waals surface area contributed by atoms with Gasteiger partial charge in [0, 0.05) is 11.6 Å². The fourth-order valence-corrected chi connectivity index (χ4v) is 4.43. The number of nitrogens with zero attached hydrogens (tertiary/aromatic N) is 1. The molecule has 3 aromatic rings. The van der Waals surface area contributed by atoms with Gasteiger partial charge in [-0.3, -0.25) is 0 Å². The van der Waals surface area contributed by atoms with E-state index >= 15 is 0 Å². The molecule has 2 N–H and O–H groups in total. The van der Waals surface area contributed by atoms with Crippen molar-refractivity contribution in [2.24, 2.45) is 5.73 Å². The molecule has 0 aliphatic carbocycles. The number of benzene rings is 3. The first-order chi connectivity index (χ1) is 18.3. The van der Waals surface area contributed by atoms with E-state index in [-0.39, 0.29) is 23.8 Å². The average molecular weight is 517 g/mol. The number of carbonyl (C=O) groups excluding carboxylic acids is 1. The number of aryl methyl sites for hydroxylation is 2. The number of fused-ring (bicyclic) bond motifs is 1. The maximum atomic E-state index is 12.5. The minimum atomic E-state index is -0.588. The van der Waals surface area contributed by atoms with E-state index in [4.69, 9.17) is 34.2 Å². The molecule has 1 aliphatic rings. The summed E-state index contributed by atoms with van der Waals surface area (Å²) in [6, 6.07) is 16.3. The van der Waals surface area contributed by atoms with E-state index in [1.54, 1.807) is 30.3 Å². The van der Waals surface area contributed by atoms with Gasteiger partial charge in [-0.2, -0.15) is 5.26 Å². The third kappa shape index (κ3) is 5.02. The molecule has 9 heteroatoms. The zero-order valence-corrected chi connectivity index (χ0v) is 21.8. The quantitative estimate of drug-likeness (QED) is 0.340. The largest absolute Gasteiger partial charge is 0.493 e. The highest BCUT2D eigenvalue weighted by Crippen LogP contribution is 2.47. The van der Waals surface area contributed by atoms with Crippen molar-refractivity contribution >= 4 is 5.97 Å². The predicted octanol–water partition coefficient (Wildman–Crippen LogP) is 4.53. The van der Waals surface area contributed by atoms with E-state index in [1.807, 2.05) is 32.0 Å². The molecule has 1 atom stereocenters. The summed E-state index contributed by atoms with van der Waals surface area (Å²) in [5, 5.41) is 9.90. The van der Waals surface area contributed by atoms with Gasteiger partial charge in [0.05, 0.1) is 27.2 Å². The first kappa shape index (κ1) is 26.2. The zero-order chi connectivity index (χ0) is 27.4. The minimum Gasteiger partial charge on any atom is -0.493 e. The maximum absolute atomic E-state index is 12.5. The van der Waals surface area contributed by atoms with Crippen molar-refractivity contribution in [3.05, 3.63) is 82.2 Å². The molecule has 9 nitrogen and oxygen atoms in total. The number of rotatable bonds is 8. The molecule has 0 aromatic heterocycles. The molecule has 3 aromatic carbocycles. The summed E-state index contributed by atoms with van der Waals surface area (Å²) in [6.07, 6.45) is 0. The molecule has 196 valence electrons. The Morgan fingerprint density at radius 3 is 2.21 bits per heavy atom. The lowest BCUT2D eigenvalue weighted by molar-refractivity contribution is -0.136. The van der Waals surface area contributed by atoms with Crippen LogP contribution in [0.25, 0.3) is 0 Å². The molecule has 0 radical (unpaired) electrons. The fraction of sp³-hybridized carbons (Fsp3) is 0.241. The van der Waals surface area contributed by atoms with Gasteiger partial charge in [-0.05, 0) is 48.7 Å². The van der Waals surface area contributed by atoms with Crippen LogP contribution in [-0.2, 0) is 4.79 Å². The molecule has 0 saturated carbocycles. The van der Waals surface area contributed by atoms with E-state index < -0.39 is 11.9 Å². The molecular weight excluding hydrogens is 488 g/mol. The Hall–Kier alpha value is -4.84.